The first-order valence-electron chi connectivity index (χ1n) is 6.92. The second kappa shape index (κ2) is 8.89. The predicted molar refractivity (Wildman–Crippen MR) is 83.3 cm³/mol. The van der Waals surface area contributed by atoms with E-state index in [0.717, 1.165) is 22.4 Å². The summed E-state index contributed by atoms with van der Waals surface area (Å²) >= 11 is 0. The molecule has 3 rings (SSSR count). The van der Waals surface area contributed by atoms with Gasteiger partial charge < -0.3 is 25.9 Å². The topological polar surface area (TPSA) is 171 Å². The predicted octanol–water partition coefficient (Wildman–Crippen LogP) is 2.20. The molecule has 29 heavy (non-hydrogen) atoms. The highest BCUT2D eigenvalue weighted by Gasteiger charge is 2.38. The lowest BCUT2D eigenvalue weighted by atomic mass is 10.2. The number of hydrogen-bond acceptors (Lipinski definition) is 6. The summed E-state index contributed by atoms with van der Waals surface area (Å²) < 4.78 is 63.5. The van der Waals surface area contributed by atoms with Gasteiger partial charge in [-0.05, 0) is 6.07 Å². The van der Waals surface area contributed by atoms with Crippen LogP contribution in [0.5, 0.6) is 0 Å². The zero-order valence-electron chi connectivity index (χ0n) is 13.7. The highest BCUT2D eigenvalue weighted by molar-refractivity contribution is 5.89. The molecule has 6 N–H and O–H groups in total. The fraction of sp³-hybridized carbons (Fsp3) is 0.154. The first-order chi connectivity index (χ1) is 13.2. The van der Waals surface area contributed by atoms with E-state index in [-0.39, 0.29) is 0 Å². The second-order valence-electron chi connectivity index (χ2n) is 4.75. The minimum absolute atomic E-state index is 0.388. The lowest BCUT2D eigenvalue weighted by Crippen LogP contribution is -2.21. The fourth-order valence-electron chi connectivity index (χ4n) is 1.54. The van der Waals surface area contributed by atoms with Crippen molar-refractivity contribution in [3.8, 4) is 11.4 Å². The number of aromatic nitrogens is 5. The van der Waals surface area contributed by atoms with E-state index in [4.69, 9.17) is 25.5 Å². The number of nitrogens with two attached hydrogens (primary N) is 1. The molecule has 0 radical (unpaired) electrons. The summed E-state index contributed by atoms with van der Waals surface area (Å²) in [6.07, 6.45) is -5.16. The molecule has 3 aromatic heterocycles. The number of carboxylic acids is 2. The van der Waals surface area contributed by atoms with E-state index in [1.54, 1.807) is 18.7 Å². The zero-order chi connectivity index (χ0) is 22.4. The minimum atomic E-state index is -5.08. The van der Waals surface area contributed by atoms with Gasteiger partial charge in [-0.25, -0.2) is 19.6 Å². The largest absolute Gasteiger partial charge is 0.490 e. The van der Waals surface area contributed by atoms with E-state index in [2.05, 4.69) is 24.9 Å². The third-order valence-corrected chi connectivity index (χ3v) is 2.66. The number of alkyl halides is 6. The van der Waals surface area contributed by atoms with E-state index in [9.17, 15) is 26.3 Å². The van der Waals surface area contributed by atoms with E-state index < -0.39 is 24.3 Å². The van der Waals surface area contributed by atoms with E-state index in [1.807, 2.05) is 6.07 Å². The molecule has 0 atom stereocenters. The Balaban J connectivity index is 0.000000255. The van der Waals surface area contributed by atoms with Crippen molar-refractivity contribution in [2.75, 3.05) is 5.73 Å². The van der Waals surface area contributed by atoms with Crippen LogP contribution in [0.1, 0.15) is 0 Å². The third-order valence-electron chi connectivity index (χ3n) is 2.66. The summed E-state index contributed by atoms with van der Waals surface area (Å²) in [5, 5.41) is 14.2. The number of anilines is 1. The number of halogens is 6. The Bertz CT molecular complexity index is 942. The van der Waals surface area contributed by atoms with Crippen molar-refractivity contribution in [3.05, 3.63) is 24.8 Å². The normalized spacial score (nSPS) is 11.1. The highest BCUT2D eigenvalue weighted by Crippen LogP contribution is 2.23. The van der Waals surface area contributed by atoms with Crippen LogP contribution in [-0.4, -0.2) is 59.4 Å². The van der Waals surface area contributed by atoms with Gasteiger partial charge in [-0.1, -0.05) is 0 Å². The van der Waals surface area contributed by atoms with Crippen LogP contribution in [0.15, 0.2) is 24.8 Å². The van der Waals surface area contributed by atoms with Crippen LogP contribution in [0.2, 0.25) is 0 Å². The molecule has 3 aromatic rings. The molecule has 0 saturated heterocycles. The number of nitrogen functional groups attached to an aromatic ring is 1. The summed E-state index contributed by atoms with van der Waals surface area (Å²) in [7, 11) is 0. The maximum absolute atomic E-state index is 10.6. The van der Waals surface area contributed by atoms with Crippen molar-refractivity contribution in [1.29, 1.82) is 0 Å². The van der Waals surface area contributed by atoms with Crippen LogP contribution in [0.4, 0.5) is 32.3 Å². The van der Waals surface area contributed by atoms with E-state index >= 15 is 0 Å². The van der Waals surface area contributed by atoms with Gasteiger partial charge in [-0.2, -0.15) is 26.3 Å². The summed E-state index contributed by atoms with van der Waals surface area (Å²) in [4.78, 5) is 36.1. The maximum Gasteiger partial charge on any atom is 0.490 e. The Kier molecular flexibility index (Phi) is 7.11. The van der Waals surface area contributed by atoms with Gasteiger partial charge in [0.05, 0.1) is 23.7 Å². The van der Waals surface area contributed by atoms with Crippen molar-refractivity contribution in [1.82, 2.24) is 24.9 Å². The van der Waals surface area contributed by atoms with Crippen molar-refractivity contribution in [2.45, 2.75) is 12.4 Å². The number of imidazole rings is 2. The molecule has 0 saturated carbocycles. The SMILES string of the molecule is Nc1nc2c(-c3cnc[nH]3)nccc2[nH]1.O=C(O)C(F)(F)F.O=C(O)C(F)(F)F. The first kappa shape index (κ1) is 23.2. The van der Waals surface area contributed by atoms with Gasteiger partial charge in [-0.3, -0.25) is 4.98 Å². The van der Waals surface area contributed by atoms with Crippen LogP contribution in [0.25, 0.3) is 22.4 Å². The van der Waals surface area contributed by atoms with Gasteiger partial charge in [0.15, 0.2) is 5.95 Å². The smallest absolute Gasteiger partial charge is 0.475 e. The molecule has 0 unspecified atom stereocenters. The summed E-state index contributed by atoms with van der Waals surface area (Å²) in [6, 6.07) is 1.83. The monoisotopic (exact) mass is 428 g/mol. The average Bonchev–Trinajstić information content (AvgIpc) is 3.21. The molecule has 0 bridgehead atoms. The van der Waals surface area contributed by atoms with Crippen molar-refractivity contribution >= 4 is 28.9 Å². The lowest BCUT2D eigenvalue weighted by Gasteiger charge is -1.96. The van der Waals surface area contributed by atoms with Gasteiger partial charge in [0.1, 0.15) is 11.2 Å². The van der Waals surface area contributed by atoms with Gasteiger partial charge in [0, 0.05) is 6.20 Å². The Morgan fingerprint density at radius 3 is 1.97 bits per heavy atom. The van der Waals surface area contributed by atoms with Gasteiger partial charge in [0.2, 0.25) is 0 Å². The Morgan fingerprint density at radius 1 is 1.03 bits per heavy atom. The molecule has 0 aromatic carbocycles. The standard InChI is InChI=1S/C9H8N6.2C2HF3O2/c10-9-14-5-1-2-12-7(8(5)15-9)6-3-11-4-13-6;2*3-2(4,5)1(6)7/h1-4H,(H,11,13)(H3,10,14,15);2*(H,6,7). The molecule has 0 aliphatic rings. The zero-order valence-corrected chi connectivity index (χ0v) is 13.7. The van der Waals surface area contributed by atoms with Gasteiger partial charge >= 0.3 is 24.3 Å². The number of pyridine rings is 1. The average molecular weight is 428 g/mol. The molecular weight excluding hydrogens is 418 g/mol. The molecule has 3 heterocycles. The number of carbonyl (C=O) groups is 2. The fourth-order valence-corrected chi connectivity index (χ4v) is 1.54. The first-order valence-corrected chi connectivity index (χ1v) is 6.92. The number of carboxylic acid groups (broad SMARTS) is 2. The minimum Gasteiger partial charge on any atom is -0.475 e. The quantitative estimate of drug-likeness (QED) is 0.367. The van der Waals surface area contributed by atoms with Gasteiger partial charge in [0.25, 0.3) is 0 Å². The molecule has 10 nitrogen and oxygen atoms in total. The molecular formula is C13H10F6N6O4. The summed E-state index contributed by atoms with van der Waals surface area (Å²) in [6.45, 7) is 0. The van der Waals surface area contributed by atoms with Crippen LogP contribution in [0.3, 0.4) is 0 Å². The van der Waals surface area contributed by atoms with Crippen LogP contribution >= 0.6 is 0 Å². The molecule has 0 fully saturated rings. The van der Waals surface area contributed by atoms with Gasteiger partial charge in [-0.15, -0.1) is 0 Å². The van der Waals surface area contributed by atoms with E-state index in [0.29, 0.717) is 5.95 Å². The highest BCUT2D eigenvalue weighted by atomic mass is 19.4. The van der Waals surface area contributed by atoms with Crippen molar-refractivity contribution in [3.63, 3.8) is 0 Å². The molecule has 0 spiro atoms. The van der Waals surface area contributed by atoms with Crippen molar-refractivity contribution < 1.29 is 46.1 Å². The number of fused-ring (bicyclic) bond motifs is 1. The number of H-pyrrole nitrogens is 2. The van der Waals surface area contributed by atoms with Crippen LogP contribution < -0.4 is 5.73 Å². The number of aromatic amines is 2. The Hall–Kier alpha value is -3.85. The Morgan fingerprint density at radius 2 is 1.55 bits per heavy atom. The third kappa shape index (κ3) is 7.00. The molecule has 0 aliphatic carbocycles. The summed E-state index contributed by atoms with van der Waals surface area (Å²) in [5.74, 6) is -5.13. The number of hydrogen-bond donors (Lipinski definition) is 5. The Labute approximate surface area is 155 Å². The van der Waals surface area contributed by atoms with Crippen LogP contribution in [-0.2, 0) is 9.59 Å². The molecule has 0 amide bonds. The number of nitrogens with zero attached hydrogens (tertiary/aromatic N) is 3. The molecule has 0 aliphatic heterocycles. The number of rotatable bonds is 1. The van der Waals surface area contributed by atoms with Crippen molar-refractivity contribution in [2.24, 2.45) is 0 Å². The van der Waals surface area contributed by atoms with E-state index in [1.165, 1.54) is 0 Å². The number of nitrogens with one attached hydrogen (secondary N) is 2. The number of aliphatic carboxylic acids is 2. The second-order valence-corrected chi connectivity index (χ2v) is 4.75. The molecule has 16 heteroatoms. The summed E-state index contributed by atoms with van der Waals surface area (Å²) in [5.41, 5.74) is 8.78. The van der Waals surface area contributed by atoms with Crippen LogP contribution in [0, 0.1) is 0 Å². The molecule has 158 valence electrons. The lowest BCUT2D eigenvalue weighted by molar-refractivity contribution is -0.193. The maximum atomic E-state index is 10.6.